The van der Waals surface area contributed by atoms with Crippen molar-refractivity contribution in [3.05, 3.63) is 62.4 Å². The Hall–Kier alpha value is -1.99. The van der Waals surface area contributed by atoms with Crippen molar-refractivity contribution in [3.8, 4) is 11.5 Å². The zero-order valence-electron chi connectivity index (χ0n) is 11.1. The van der Waals surface area contributed by atoms with E-state index in [1.54, 1.807) is 19.2 Å². The van der Waals surface area contributed by atoms with Crippen molar-refractivity contribution < 1.29 is 14.1 Å². The van der Waals surface area contributed by atoms with Gasteiger partial charge in [-0.1, -0.05) is 22.0 Å². The number of nitro benzene ring substituents is 1. The van der Waals surface area contributed by atoms with Gasteiger partial charge in [-0.2, -0.15) is 0 Å². The molecule has 5 nitrogen and oxygen atoms in total. The topological polar surface area (TPSA) is 64.4 Å². The number of ether oxygens (including phenoxy) is 1. The van der Waals surface area contributed by atoms with Gasteiger partial charge in [-0.3, -0.25) is 10.1 Å². The van der Waals surface area contributed by atoms with Gasteiger partial charge in [0.25, 0.3) is 5.69 Å². The minimum absolute atomic E-state index is 0.106. The first-order valence-corrected chi connectivity index (χ1v) is 6.85. The number of benzene rings is 2. The van der Waals surface area contributed by atoms with Crippen molar-refractivity contribution >= 4 is 21.6 Å². The van der Waals surface area contributed by atoms with Crippen molar-refractivity contribution in [1.82, 2.24) is 5.32 Å². The molecule has 0 fully saturated rings. The maximum atomic E-state index is 13.8. The smallest absolute Gasteiger partial charge is 0.274 e. The van der Waals surface area contributed by atoms with Gasteiger partial charge in [0.15, 0.2) is 0 Å². The molecule has 110 valence electrons. The van der Waals surface area contributed by atoms with Crippen LogP contribution in [0.5, 0.6) is 11.5 Å². The lowest BCUT2D eigenvalue weighted by atomic mass is 10.2. The summed E-state index contributed by atoms with van der Waals surface area (Å²) < 4.78 is 19.9. The lowest BCUT2D eigenvalue weighted by Crippen LogP contribution is -2.08. The van der Waals surface area contributed by atoms with Gasteiger partial charge in [0, 0.05) is 22.6 Å². The highest BCUT2D eigenvalue weighted by Gasteiger charge is 2.13. The van der Waals surface area contributed by atoms with E-state index < -0.39 is 10.7 Å². The molecule has 1 N–H and O–H groups in total. The Kier molecular flexibility index (Phi) is 4.87. The van der Waals surface area contributed by atoms with Crippen molar-refractivity contribution in [2.24, 2.45) is 0 Å². The normalized spacial score (nSPS) is 10.4. The fourth-order valence-corrected chi connectivity index (χ4v) is 2.28. The van der Waals surface area contributed by atoms with Crippen molar-refractivity contribution in [1.29, 1.82) is 0 Å². The predicted octanol–water partition coefficient (Wildman–Crippen LogP) is 4.01. The van der Waals surface area contributed by atoms with E-state index in [0.29, 0.717) is 15.8 Å². The average Bonchev–Trinajstić information content (AvgIpc) is 2.42. The second kappa shape index (κ2) is 6.64. The van der Waals surface area contributed by atoms with Crippen LogP contribution >= 0.6 is 15.9 Å². The van der Waals surface area contributed by atoms with E-state index in [1.165, 1.54) is 24.3 Å². The van der Waals surface area contributed by atoms with Crippen LogP contribution in [0.15, 0.2) is 40.9 Å². The molecule has 21 heavy (non-hydrogen) atoms. The summed E-state index contributed by atoms with van der Waals surface area (Å²) in [5.41, 5.74) is 0.258. The number of nitrogens with zero attached hydrogens (tertiary/aromatic N) is 1. The molecule has 2 aromatic rings. The summed E-state index contributed by atoms with van der Waals surface area (Å²) in [5.74, 6) is 0.183. The molecular formula is C14H12BrFN2O3. The quantitative estimate of drug-likeness (QED) is 0.650. The van der Waals surface area contributed by atoms with Crippen molar-refractivity contribution in [2.75, 3.05) is 7.05 Å². The molecule has 2 rings (SSSR count). The van der Waals surface area contributed by atoms with E-state index >= 15 is 0 Å². The van der Waals surface area contributed by atoms with Crippen LogP contribution in [0.2, 0.25) is 0 Å². The van der Waals surface area contributed by atoms with Crippen LogP contribution in [0.25, 0.3) is 0 Å². The lowest BCUT2D eigenvalue weighted by Gasteiger charge is -2.12. The number of rotatable bonds is 5. The molecule has 0 saturated carbocycles. The zero-order chi connectivity index (χ0) is 15.4. The fourth-order valence-electron chi connectivity index (χ4n) is 1.82. The van der Waals surface area contributed by atoms with Gasteiger partial charge >= 0.3 is 0 Å². The first-order valence-electron chi connectivity index (χ1n) is 6.06. The van der Waals surface area contributed by atoms with Crippen LogP contribution in [0.4, 0.5) is 10.1 Å². The molecule has 0 aliphatic carbocycles. The molecule has 0 radical (unpaired) electrons. The predicted molar refractivity (Wildman–Crippen MR) is 80.0 cm³/mol. The zero-order valence-corrected chi connectivity index (χ0v) is 12.7. The summed E-state index contributed by atoms with van der Waals surface area (Å²) in [6.45, 7) is 0.290. The van der Waals surface area contributed by atoms with Gasteiger partial charge in [-0.25, -0.2) is 4.39 Å². The highest BCUT2D eigenvalue weighted by atomic mass is 79.9. The number of non-ortho nitro benzene ring substituents is 1. The Morgan fingerprint density at radius 2 is 2.14 bits per heavy atom. The second-order valence-electron chi connectivity index (χ2n) is 4.25. The van der Waals surface area contributed by atoms with Crippen LogP contribution < -0.4 is 10.1 Å². The fraction of sp³-hybridized carbons (Fsp3) is 0.143. The molecule has 7 heteroatoms. The van der Waals surface area contributed by atoms with E-state index in [0.717, 1.165) is 0 Å². The lowest BCUT2D eigenvalue weighted by molar-refractivity contribution is -0.385. The molecule has 0 saturated heterocycles. The monoisotopic (exact) mass is 354 g/mol. The van der Waals surface area contributed by atoms with Crippen LogP contribution in [-0.4, -0.2) is 12.0 Å². The van der Waals surface area contributed by atoms with E-state index in [4.69, 9.17) is 4.74 Å². The molecule has 0 atom stereocenters. The largest absolute Gasteiger partial charge is 0.457 e. The minimum atomic E-state index is -0.516. The molecule has 2 aromatic carbocycles. The number of nitrogens with one attached hydrogen (secondary N) is 1. The highest BCUT2D eigenvalue weighted by Crippen LogP contribution is 2.32. The summed E-state index contributed by atoms with van der Waals surface area (Å²) in [5, 5.41) is 13.7. The van der Waals surface area contributed by atoms with E-state index in [9.17, 15) is 14.5 Å². The maximum absolute atomic E-state index is 13.8. The minimum Gasteiger partial charge on any atom is -0.457 e. The molecular weight excluding hydrogens is 343 g/mol. The third-order valence-electron chi connectivity index (χ3n) is 2.72. The van der Waals surface area contributed by atoms with Gasteiger partial charge in [-0.05, 0) is 25.2 Å². The van der Waals surface area contributed by atoms with E-state index in [1.807, 2.05) is 0 Å². The molecule has 0 amide bonds. The molecule has 0 bridgehead atoms. The van der Waals surface area contributed by atoms with Gasteiger partial charge in [0.1, 0.15) is 17.3 Å². The summed E-state index contributed by atoms with van der Waals surface area (Å²) in [6, 6.07) is 8.72. The Morgan fingerprint density at radius 3 is 2.81 bits per heavy atom. The van der Waals surface area contributed by atoms with Crippen LogP contribution in [0, 0.1) is 15.9 Å². The Labute approximate surface area is 129 Å². The van der Waals surface area contributed by atoms with Crippen molar-refractivity contribution in [3.63, 3.8) is 0 Å². The Balaban J connectivity index is 2.38. The molecule has 0 heterocycles. The Morgan fingerprint density at radius 1 is 1.38 bits per heavy atom. The molecule has 0 spiro atoms. The summed E-state index contributed by atoms with van der Waals surface area (Å²) in [4.78, 5) is 10.3. The SMILES string of the molecule is CNCc1c(F)cccc1Oc1cc(Br)cc([N+](=O)[O-])c1. The number of hydrogen-bond donors (Lipinski definition) is 1. The first-order chi connectivity index (χ1) is 10.0. The number of hydrogen-bond acceptors (Lipinski definition) is 4. The summed E-state index contributed by atoms with van der Waals surface area (Å²) >= 11 is 3.19. The van der Waals surface area contributed by atoms with Gasteiger partial charge in [-0.15, -0.1) is 0 Å². The van der Waals surface area contributed by atoms with E-state index in [2.05, 4.69) is 21.2 Å². The number of nitro groups is 1. The van der Waals surface area contributed by atoms with Gasteiger partial charge in [0.05, 0.1) is 11.0 Å². The van der Waals surface area contributed by atoms with Crippen LogP contribution in [0.3, 0.4) is 0 Å². The standard InChI is InChI=1S/C14H12BrFN2O3/c1-17-8-12-13(16)3-2-4-14(12)21-11-6-9(15)5-10(7-11)18(19)20/h2-7,17H,8H2,1H3. The van der Waals surface area contributed by atoms with Crippen LogP contribution in [0.1, 0.15) is 5.56 Å². The maximum Gasteiger partial charge on any atom is 0.274 e. The second-order valence-corrected chi connectivity index (χ2v) is 5.17. The summed E-state index contributed by atoms with van der Waals surface area (Å²) in [6.07, 6.45) is 0. The molecule has 0 aromatic heterocycles. The first kappa shape index (κ1) is 15.4. The third kappa shape index (κ3) is 3.77. The van der Waals surface area contributed by atoms with Gasteiger partial charge in [0.2, 0.25) is 0 Å². The van der Waals surface area contributed by atoms with Crippen LogP contribution in [-0.2, 0) is 6.54 Å². The van der Waals surface area contributed by atoms with E-state index in [-0.39, 0.29) is 18.0 Å². The third-order valence-corrected chi connectivity index (χ3v) is 3.18. The summed E-state index contributed by atoms with van der Waals surface area (Å²) in [7, 11) is 1.69. The molecule has 0 aliphatic rings. The molecule has 0 unspecified atom stereocenters. The Bertz CT molecular complexity index is 679. The highest BCUT2D eigenvalue weighted by molar-refractivity contribution is 9.10. The number of halogens is 2. The van der Waals surface area contributed by atoms with Crippen molar-refractivity contribution in [2.45, 2.75) is 6.54 Å². The average molecular weight is 355 g/mol. The van der Waals surface area contributed by atoms with Gasteiger partial charge < -0.3 is 10.1 Å². The molecule has 0 aliphatic heterocycles.